The largest absolute Gasteiger partial charge is 0.338 e. The van der Waals surface area contributed by atoms with Crippen LogP contribution < -0.4 is 10.6 Å². The Morgan fingerprint density at radius 1 is 1.00 bits per heavy atom. The highest BCUT2D eigenvalue weighted by Crippen LogP contribution is 2.22. The van der Waals surface area contributed by atoms with Gasteiger partial charge in [0.1, 0.15) is 0 Å². The van der Waals surface area contributed by atoms with E-state index in [2.05, 4.69) is 25.7 Å². The topological polar surface area (TPSA) is 104 Å². The zero-order chi connectivity index (χ0) is 21.0. The third kappa shape index (κ3) is 5.32. The molecule has 1 atom stereocenters. The summed E-state index contributed by atoms with van der Waals surface area (Å²) in [6.07, 6.45) is 0. The minimum Gasteiger partial charge on any atom is -0.338 e. The molecule has 0 radical (unpaired) electrons. The molecule has 1 aromatic carbocycles. The Labute approximate surface area is 170 Å². The molecule has 1 aromatic heterocycles. The third-order valence-corrected chi connectivity index (χ3v) is 4.94. The second-order valence-corrected chi connectivity index (χ2v) is 7.53. The first-order valence-corrected chi connectivity index (χ1v) is 9.84. The minimum absolute atomic E-state index is 0.0153. The highest BCUT2D eigenvalue weighted by atomic mass is 16.5. The van der Waals surface area contributed by atoms with E-state index in [1.807, 2.05) is 20.8 Å². The number of nitrogens with zero attached hydrogens (tertiary/aromatic N) is 4. The van der Waals surface area contributed by atoms with Crippen LogP contribution in [0.2, 0.25) is 0 Å². The number of hydrogen-bond donors (Lipinski definition) is 2. The maximum absolute atomic E-state index is 12.5. The number of benzene rings is 1. The van der Waals surface area contributed by atoms with Crippen molar-refractivity contribution >= 4 is 23.3 Å². The van der Waals surface area contributed by atoms with Crippen LogP contribution >= 0.6 is 0 Å². The number of carbonyl (C=O) groups is 2. The molecular weight excluding hydrogens is 372 g/mol. The molecule has 2 heterocycles. The van der Waals surface area contributed by atoms with Gasteiger partial charge in [0.2, 0.25) is 11.8 Å². The molecule has 156 valence electrons. The van der Waals surface area contributed by atoms with Crippen molar-refractivity contribution in [2.75, 3.05) is 36.8 Å². The zero-order valence-corrected chi connectivity index (χ0v) is 17.3. The first kappa shape index (κ1) is 20.8. The van der Waals surface area contributed by atoms with E-state index in [4.69, 9.17) is 4.52 Å². The second kappa shape index (κ2) is 9.04. The molecule has 29 heavy (non-hydrogen) atoms. The van der Waals surface area contributed by atoms with E-state index >= 15 is 0 Å². The lowest BCUT2D eigenvalue weighted by molar-refractivity contribution is -0.114. The highest BCUT2D eigenvalue weighted by molar-refractivity contribution is 5.91. The van der Waals surface area contributed by atoms with Crippen LogP contribution in [-0.2, 0) is 4.79 Å². The van der Waals surface area contributed by atoms with E-state index < -0.39 is 0 Å². The van der Waals surface area contributed by atoms with Gasteiger partial charge in [0.25, 0.3) is 0 Å². The summed E-state index contributed by atoms with van der Waals surface area (Å²) in [7, 11) is 0. The van der Waals surface area contributed by atoms with Crippen molar-refractivity contribution in [1.82, 2.24) is 19.9 Å². The molecule has 0 saturated carbocycles. The zero-order valence-electron chi connectivity index (χ0n) is 17.3. The lowest BCUT2D eigenvalue weighted by Gasteiger charge is -2.36. The van der Waals surface area contributed by atoms with Crippen LogP contribution in [0.25, 0.3) is 0 Å². The SMILES string of the molecule is CC(=O)Nc1ccc(NC(=O)N2CCN(C(C)c3nc(C(C)C)no3)CC2)cc1. The van der Waals surface area contributed by atoms with Crippen molar-refractivity contribution in [3.8, 4) is 0 Å². The lowest BCUT2D eigenvalue weighted by Crippen LogP contribution is -2.50. The molecule has 1 unspecified atom stereocenters. The molecule has 9 nitrogen and oxygen atoms in total. The first-order chi connectivity index (χ1) is 13.8. The minimum atomic E-state index is -0.135. The van der Waals surface area contributed by atoms with Gasteiger partial charge in [-0.05, 0) is 31.2 Å². The van der Waals surface area contributed by atoms with Crippen LogP contribution in [0.3, 0.4) is 0 Å². The van der Waals surface area contributed by atoms with Crippen LogP contribution in [-0.4, -0.2) is 58.1 Å². The number of rotatable bonds is 5. The molecule has 0 aliphatic carbocycles. The van der Waals surface area contributed by atoms with Gasteiger partial charge in [-0.15, -0.1) is 0 Å². The van der Waals surface area contributed by atoms with E-state index in [1.165, 1.54) is 6.92 Å². The van der Waals surface area contributed by atoms with Gasteiger partial charge in [-0.25, -0.2) is 4.79 Å². The predicted octanol–water partition coefficient (Wildman–Crippen LogP) is 3.06. The van der Waals surface area contributed by atoms with Gasteiger partial charge < -0.3 is 20.1 Å². The van der Waals surface area contributed by atoms with Crippen molar-refractivity contribution in [3.63, 3.8) is 0 Å². The highest BCUT2D eigenvalue weighted by Gasteiger charge is 2.28. The second-order valence-electron chi connectivity index (χ2n) is 7.53. The Hall–Kier alpha value is -2.94. The maximum Gasteiger partial charge on any atom is 0.321 e. The molecule has 0 bridgehead atoms. The van der Waals surface area contributed by atoms with Gasteiger partial charge in [0.05, 0.1) is 6.04 Å². The smallest absolute Gasteiger partial charge is 0.321 e. The molecule has 3 amide bonds. The number of anilines is 2. The van der Waals surface area contributed by atoms with Gasteiger partial charge in [-0.2, -0.15) is 4.98 Å². The normalized spacial score (nSPS) is 16.0. The van der Waals surface area contributed by atoms with Crippen molar-refractivity contribution in [2.24, 2.45) is 0 Å². The quantitative estimate of drug-likeness (QED) is 0.799. The number of amides is 3. The van der Waals surface area contributed by atoms with E-state index in [0.29, 0.717) is 30.4 Å². The predicted molar refractivity (Wildman–Crippen MR) is 110 cm³/mol. The summed E-state index contributed by atoms with van der Waals surface area (Å²) < 4.78 is 5.41. The fraction of sp³-hybridized carbons (Fsp3) is 0.500. The van der Waals surface area contributed by atoms with Crippen LogP contribution in [0.15, 0.2) is 28.8 Å². The summed E-state index contributed by atoms with van der Waals surface area (Å²) in [5.74, 6) is 1.43. The van der Waals surface area contributed by atoms with E-state index in [1.54, 1.807) is 29.2 Å². The molecule has 3 rings (SSSR count). The van der Waals surface area contributed by atoms with Crippen LogP contribution in [0, 0.1) is 0 Å². The summed E-state index contributed by atoms with van der Waals surface area (Å²) in [5.41, 5.74) is 1.38. The Morgan fingerprint density at radius 3 is 2.10 bits per heavy atom. The van der Waals surface area contributed by atoms with Crippen molar-refractivity contribution < 1.29 is 14.1 Å². The van der Waals surface area contributed by atoms with Crippen LogP contribution in [0.1, 0.15) is 51.4 Å². The lowest BCUT2D eigenvalue weighted by atomic mass is 10.2. The van der Waals surface area contributed by atoms with Crippen molar-refractivity contribution in [1.29, 1.82) is 0 Å². The van der Waals surface area contributed by atoms with Gasteiger partial charge in [-0.3, -0.25) is 9.69 Å². The van der Waals surface area contributed by atoms with Crippen molar-refractivity contribution in [3.05, 3.63) is 36.0 Å². The summed E-state index contributed by atoms with van der Waals surface area (Å²) in [5, 5.41) is 9.63. The number of piperazine rings is 1. The van der Waals surface area contributed by atoms with Crippen LogP contribution in [0.5, 0.6) is 0 Å². The molecule has 1 saturated heterocycles. The number of hydrogen-bond acceptors (Lipinski definition) is 6. The molecule has 0 spiro atoms. The van der Waals surface area contributed by atoms with E-state index in [-0.39, 0.29) is 23.9 Å². The number of nitrogens with one attached hydrogen (secondary N) is 2. The number of carbonyl (C=O) groups excluding carboxylic acids is 2. The Bertz CT molecular complexity index is 840. The standard InChI is InChI=1S/C20H28N6O3/c1-13(2)18-23-19(29-24-18)14(3)25-9-11-26(12-10-25)20(28)22-17-7-5-16(6-8-17)21-15(4)27/h5-8,13-14H,9-12H2,1-4H3,(H,21,27)(H,22,28). The molecule has 9 heteroatoms. The average Bonchev–Trinajstić information content (AvgIpc) is 3.19. The Kier molecular flexibility index (Phi) is 6.48. The molecule has 2 N–H and O–H groups in total. The van der Waals surface area contributed by atoms with Gasteiger partial charge in [-0.1, -0.05) is 19.0 Å². The van der Waals surface area contributed by atoms with Crippen molar-refractivity contribution in [2.45, 2.75) is 39.7 Å². The van der Waals surface area contributed by atoms with Crippen LogP contribution in [0.4, 0.5) is 16.2 Å². The maximum atomic E-state index is 12.5. The molecule has 2 aromatic rings. The molecule has 1 fully saturated rings. The molecule has 1 aliphatic heterocycles. The summed E-state index contributed by atoms with van der Waals surface area (Å²) in [6, 6.07) is 6.93. The first-order valence-electron chi connectivity index (χ1n) is 9.84. The summed E-state index contributed by atoms with van der Waals surface area (Å²) >= 11 is 0. The fourth-order valence-electron chi connectivity index (χ4n) is 3.16. The average molecular weight is 400 g/mol. The van der Waals surface area contributed by atoms with Gasteiger partial charge in [0.15, 0.2) is 5.82 Å². The van der Waals surface area contributed by atoms with E-state index in [9.17, 15) is 9.59 Å². The van der Waals surface area contributed by atoms with Gasteiger partial charge in [0, 0.05) is 50.4 Å². The van der Waals surface area contributed by atoms with E-state index in [0.717, 1.165) is 18.9 Å². The monoisotopic (exact) mass is 400 g/mol. The summed E-state index contributed by atoms with van der Waals surface area (Å²) in [4.78, 5) is 32.1. The Morgan fingerprint density at radius 2 is 1.59 bits per heavy atom. The number of aromatic nitrogens is 2. The fourth-order valence-corrected chi connectivity index (χ4v) is 3.16. The Balaban J connectivity index is 1.50. The molecule has 1 aliphatic rings. The summed E-state index contributed by atoms with van der Waals surface area (Å²) in [6.45, 7) is 10.3. The number of urea groups is 1. The molecular formula is C20H28N6O3. The van der Waals surface area contributed by atoms with Gasteiger partial charge >= 0.3 is 6.03 Å². The third-order valence-electron chi connectivity index (χ3n) is 4.94.